The van der Waals surface area contributed by atoms with Crippen LogP contribution in [0.4, 0.5) is 17.1 Å². The molecule has 50 heavy (non-hydrogen) atoms. The number of anilines is 3. The van der Waals surface area contributed by atoms with E-state index >= 15 is 0 Å². The summed E-state index contributed by atoms with van der Waals surface area (Å²) in [4.78, 5) is 2.38. The molecule has 0 atom stereocenters. The zero-order valence-electron chi connectivity index (χ0n) is 27.4. The molecule has 0 bridgehead atoms. The lowest BCUT2D eigenvalue weighted by molar-refractivity contribution is 0.631. The molecule has 0 spiro atoms. The summed E-state index contributed by atoms with van der Waals surface area (Å²) in [5.41, 5.74) is 12.2. The summed E-state index contributed by atoms with van der Waals surface area (Å²) in [6.07, 6.45) is 0. The van der Waals surface area contributed by atoms with Gasteiger partial charge in [-0.05, 0) is 81.1 Å². The third-order valence-corrected chi connectivity index (χ3v) is 9.47. The molecular formula is C48H33NO. The molecule has 0 aliphatic heterocycles. The van der Waals surface area contributed by atoms with Crippen LogP contribution in [0.15, 0.2) is 205 Å². The van der Waals surface area contributed by atoms with Crippen molar-refractivity contribution >= 4 is 38.8 Å². The zero-order valence-corrected chi connectivity index (χ0v) is 27.4. The zero-order chi connectivity index (χ0) is 33.3. The first kappa shape index (κ1) is 29.5. The fourth-order valence-corrected chi connectivity index (χ4v) is 7.02. The number of para-hydroxylation sites is 2. The van der Waals surface area contributed by atoms with Crippen LogP contribution in [0.3, 0.4) is 0 Å². The highest BCUT2D eigenvalue weighted by Crippen LogP contribution is 2.43. The maximum Gasteiger partial charge on any atom is 0.135 e. The van der Waals surface area contributed by atoms with Crippen molar-refractivity contribution < 1.29 is 4.42 Å². The van der Waals surface area contributed by atoms with Gasteiger partial charge in [-0.3, -0.25) is 0 Å². The van der Waals surface area contributed by atoms with Crippen molar-refractivity contribution in [2.24, 2.45) is 0 Å². The highest BCUT2D eigenvalue weighted by atomic mass is 16.3. The van der Waals surface area contributed by atoms with Crippen LogP contribution in [0.5, 0.6) is 0 Å². The van der Waals surface area contributed by atoms with Crippen molar-refractivity contribution in [3.05, 3.63) is 200 Å². The van der Waals surface area contributed by atoms with Gasteiger partial charge in [0.25, 0.3) is 0 Å². The van der Waals surface area contributed by atoms with E-state index in [0.717, 1.165) is 50.5 Å². The minimum absolute atomic E-state index is 0.849. The molecule has 1 heterocycles. The summed E-state index contributed by atoms with van der Waals surface area (Å²) in [7, 11) is 0. The lowest BCUT2D eigenvalue weighted by Crippen LogP contribution is -2.11. The molecule has 0 N–H and O–H groups in total. The van der Waals surface area contributed by atoms with E-state index < -0.39 is 0 Å². The first-order valence-corrected chi connectivity index (χ1v) is 17.0. The highest BCUT2D eigenvalue weighted by molar-refractivity contribution is 5.98. The van der Waals surface area contributed by atoms with Gasteiger partial charge in [-0.15, -0.1) is 0 Å². The van der Waals surface area contributed by atoms with Gasteiger partial charge >= 0.3 is 0 Å². The van der Waals surface area contributed by atoms with Crippen LogP contribution in [-0.2, 0) is 0 Å². The number of benzene rings is 8. The Bertz CT molecular complexity index is 2560. The number of fused-ring (bicyclic) bond motifs is 2. The molecule has 236 valence electrons. The quantitative estimate of drug-likeness (QED) is 0.173. The van der Waals surface area contributed by atoms with Gasteiger partial charge in [-0.2, -0.15) is 0 Å². The summed E-state index contributed by atoms with van der Waals surface area (Å²) in [6, 6.07) is 71.1. The Morgan fingerprint density at radius 1 is 0.340 bits per heavy atom. The first-order chi connectivity index (χ1) is 24.8. The van der Waals surface area contributed by atoms with Crippen molar-refractivity contribution in [1.29, 1.82) is 0 Å². The molecular weight excluding hydrogens is 607 g/mol. The van der Waals surface area contributed by atoms with Gasteiger partial charge < -0.3 is 9.32 Å². The predicted molar refractivity (Wildman–Crippen MR) is 210 cm³/mol. The minimum atomic E-state index is 0.849. The maximum absolute atomic E-state index is 6.34. The Hall–Kier alpha value is -6.64. The summed E-state index contributed by atoms with van der Waals surface area (Å²) in [5, 5.41) is 3.57. The fraction of sp³-hybridized carbons (Fsp3) is 0. The molecule has 0 aliphatic rings. The summed E-state index contributed by atoms with van der Waals surface area (Å²) in [6.45, 7) is 0. The minimum Gasteiger partial charge on any atom is -0.456 e. The molecule has 8 aromatic carbocycles. The van der Waals surface area contributed by atoms with E-state index in [1.54, 1.807) is 0 Å². The number of rotatable bonds is 7. The fourth-order valence-electron chi connectivity index (χ4n) is 7.02. The van der Waals surface area contributed by atoms with E-state index in [1.807, 2.05) is 18.2 Å². The number of hydrogen-bond acceptors (Lipinski definition) is 2. The van der Waals surface area contributed by atoms with E-state index in [2.05, 4.69) is 187 Å². The second-order valence-electron chi connectivity index (χ2n) is 12.6. The van der Waals surface area contributed by atoms with Gasteiger partial charge in [-0.25, -0.2) is 0 Å². The van der Waals surface area contributed by atoms with Gasteiger partial charge in [0.1, 0.15) is 11.3 Å². The molecule has 2 heteroatoms. The van der Waals surface area contributed by atoms with Crippen molar-refractivity contribution in [3.63, 3.8) is 0 Å². The van der Waals surface area contributed by atoms with Crippen LogP contribution < -0.4 is 4.90 Å². The Labute approximate surface area is 292 Å². The van der Waals surface area contributed by atoms with Gasteiger partial charge in [-0.1, -0.05) is 158 Å². The van der Waals surface area contributed by atoms with Gasteiger partial charge in [0.15, 0.2) is 0 Å². The Morgan fingerprint density at radius 2 is 0.900 bits per heavy atom. The number of hydrogen-bond donors (Lipinski definition) is 0. The highest BCUT2D eigenvalue weighted by Gasteiger charge is 2.19. The van der Waals surface area contributed by atoms with Crippen molar-refractivity contribution in [2.75, 3.05) is 4.90 Å². The maximum atomic E-state index is 6.34. The summed E-state index contributed by atoms with van der Waals surface area (Å²) < 4.78 is 6.34. The second-order valence-corrected chi connectivity index (χ2v) is 12.6. The van der Waals surface area contributed by atoms with Gasteiger partial charge in [0, 0.05) is 27.9 Å². The third kappa shape index (κ3) is 5.53. The first-order valence-electron chi connectivity index (χ1n) is 17.0. The Balaban J connectivity index is 1.21. The average molecular weight is 640 g/mol. The van der Waals surface area contributed by atoms with Gasteiger partial charge in [0.05, 0.1) is 5.69 Å². The molecule has 0 unspecified atom stereocenters. The predicted octanol–water partition coefficient (Wildman–Crippen LogP) is 13.7. The van der Waals surface area contributed by atoms with E-state index in [0.29, 0.717) is 0 Å². The SMILES string of the molecule is c1ccc(-c2ccc(-c3ccccc3N(c3cccc(-c4cc5ccccc5o4)c3)c3cccc(-c4cccc5ccccc45)c3)cc2)cc1. The second kappa shape index (κ2) is 12.8. The summed E-state index contributed by atoms with van der Waals surface area (Å²) in [5.74, 6) is 0.849. The molecule has 1 aromatic heterocycles. The van der Waals surface area contributed by atoms with Crippen molar-refractivity contribution in [3.8, 4) is 44.7 Å². The lowest BCUT2D eigenvalue weighted by Gasteiger charge is -2.28. The topological polar surface area (TPSA) is 16.4 Å². The van der Waals surface area contributed by atoms with Crippen LogP contribution in [0.2, 0.25) is 0 Å². The van der Waals surface area contributed by atoms with E-state index in [-0.39, 0.29) is 0 Å². The molecule has 0 amide bonds. The van der Waals surface area contributed by atoms with Crippen LogP contribution >= 0.6 is 0 Å². The molecule has 0 fully saturated rings. The lowest BCUT2D eigenvalue weighted by atomic mass is 9.96. The molecule has 0 saturated carbocycles. The normalized spacial score (nSPS) is 11.2. The Morgan fingerprint density at radius 3 is 1.72 bits per heavy atom. The van der Waals surface area contributed by atoms with E-state index in [4.69, 9.17) is 4.42 Å². The molecule has 9 rings (SSSR count). The average Bonchev–Trinajstić information content (AvgIpc) is 3.64. The van der Waals surface area contributed by atoms with Gasteiger partial charge in [0.2, 0.25) is 0 Å². The molecule has 0 radical (unpaired) electrons. The van der Waals surface area contributed by atoms with Crippen LogP contribution in [0.1, 0.15) is 0 Å². The van der Waals surface area contributed by atoms with Crippen molar-refractivity contribution in [2.45, 2.75) is 0 Å². The monoisotopic (exact) mass is 639 g/mol. The molecule has 0 saturated heterocycles. The number of furan rings is 1. The van der Waals surface area contributed by atoms with Crippen LogP contribution in [0, 0.1) is 0 Å². The van der Waals surface area contributed by atoms with Crippen molar-refractivity contribution in [1.82, 2.24) is 0 Å². The van der Waals surface area contributed by atoms with Crippen LogP contribution in [0.25, 0.3) is 66.4 Å². The smallest absolute Gasteiger partial charge is 0.135 e. The van der Waals surface area contributed by atoms with Crippen LogP contribution in [-0.4, -0.2) is 0 Å². The van der Waals surface area contributed by atoms with E-state index in [9.17, 15) is 0 Å². The molecule has 9 aromatic rings. The largest absolute Gasteiger partial charge is 0.456 e. The standard InChI is InChI=1S/C48H33NO/c1-2-13-34(14-3-1)35-27-29-37(30-28-35)45-23-7-8-25-46(45)49(42-21-11-19-39(32-42)48-33-40-16-5-9-26-47(40)50-48)41-20-10-18-38(31-41)44-24-12-17-36-15-4-6-22-43(36)44/h1-33H. The molecule has 0 aliphatic carbocycles. The van der Waals surface area contributed by atoms with E-state index in [1.165, 1.54) is 33.0 Å². The Kier molecular flexibility index (Phi) is 7.53. The summed E-state index contributed by atoms with van der Waals surface area (Å²) >= 11 is 0. The third-order valence-electron chi connectivity index (χ3n) is 9.47. The number of nitrogens with zero attached hydrogens (tertiary/aromatic N) is 1. The molecule has 2 nitrogen and oxygen atoms in total.